The molecule has 0 fully saturated rings. The predicted molar refractivity (Wildman–Crippen MR) is 128 cm³/mol. The molecule has 11 nitrogen and oxygen atoms in total. The second-order valence-electron chi connectivity index (χ2n) is 6.92. The van der Waals surface area contributed by atoms with Crippen molar-refractivity contribution >= 4 is 23.7 Å². The molecule has 0 aliphatic rings. The second kappa shape index (κ2) is 15.4. The number of guanidine groups is 1. The van der Waals surface area contributed by atoms with Gasteiger partial charge < -0.3 is 32.3 Å². The van der Waals surface area contributed by atoms with E-state index in [1.54, 1.807) is 12.1 Å². The first-order chi connectivity index (χ1) is 16.2. The van der Waals surface area contributed by atoms with E-state index in [2.05, 4.69) is 20.6 Å². The molecule has 11 heteroatoms. The fourth-order valence-electron chi connectivity index (χ4n) is 2.51. The molecule has 1 atom stereocenters. The first kappa shape index (κ1) is 27.6. The summed E-state index contributed by atoms with van der Waals surface area (Å²) >= 11 is 0. The summed E-state index contributed by atoms with van der Waals surface area (Å²) in [5.74, 6) is -1.73. The van der Waals surface area contributed by atoms with Crippen molar-refractivity contribution < 1.29 is 24.6 Å². The number of rotatable bonds is 10. The molecule has 2 rings (SSSR count). The summed E-state index contributed by atoms with van der Waals surface area (Å²) in [4.78, 5) is 42.9. The third-order valence-corrected chi connectivity index (χ3v) is 4.11. The van der Waals surface area contributed by atoms with Crippen molar-refractivity contribution in [1.82, 2.24) is 15.6 Å². The molecule has 0 radical (unpaired) electrons. The Morgan fingerprint density at radius 3 is 2.29 bits per heavy atom. The number of pyridine rings is 1. The molecule has 1 heterocycles. The number of nitrogens with one attached hydrogen (secondary N) is 2. The van der Waals surface area contributed by atoms with Gasteiger partial charge in [-0.05, 0) is 36.2 Å². The Bertz CT molecular complexity index is 973. The van der Waals surface area contributed by atoms with Gasteiger partial charge in [0, 0.05) is 43.5 Å². The third kappa shape index (κ3) is 11.8. The van der Waals surface area contributed by atoms with Crippen molar-refractivity contribution in [3.63, 3.8) is 0 Å². The normalized spacial score (nSPS) is 11.0. The van der Waals surface area contributed by atoms with Crippen molar-refractivity contribution in [3.05, 3.63) is 72.1 Å². The number of aromatic nitrogens is 1. The van der Waals surface area contributed by atoms with Crippen molar-refractivity contribution in [3.8, 4) is 5.75 Å². The average Bonchev–Trinajstić information content (AvgIpc) is 2.82. The standard InChI is InChI=1S/C19H19N3O5.C4H11N3/c23-15-5-3-13(4-6-15)12-16(19(27)21-9-1-2-17(24)25)22-18(26)14-7-10-20-11-8-14;1-2-3-7-4(5)6/h1-8,10-11,16,23H,9,12H2,(H,21,27)(H,22,26)(H,24,25);2-3H2,1H3,(H4,5,6,7)/b2-1+;. The van der Waals surface area contributed by atoms with Crippen LogP contribution in [0.3, 0.4) is 0 Å². The highest BCUT2D eigenvalue weighted by Crippen LogP contribution is 2.12. The number of hydrogen-bond donors (Lipinski definition) is 6. The van der Waals surface area contributed by atoms with Crippen LogP contribution in [0, 0.1) is 0 Å². The Kier molecular flexibility index (Phi) is 12.5. The Morgan fingerprint density at radius 2 is 1.76 bits per heavy atom. The number of phenols is 1. The van der Waals surface area contributed by atoms with Gasteiger partial charge >= 0.3 is 5.97 Å². The van der Waals surface area contributed by atoms with Gasteiger partial charge in [-0.1, -0.05) is 25.1 Å². The van der Waals surface area contributed by atoms with E-state index in [1.165, 1.54) is 42.7 Å². The van der Waals surface area contributed by atoms with Gasteiger partial charge in [0.25, 0.3) is 5.91 Å². The van der Waals surface area contributed by atoms with Crippen molar-refractivity contribution in [2.24, 2.45) is 16.5 Å². The molecule has 2 aromatic rings. The minimum Gasteiger partial charge on any atom is -0.508 e. The van der Waals surface area contributed by atoms with Gasteiger partial charge in [0.2, 0.25) is 5.91 Å². The van der Waals surface area contributed by atoms with E-state index < -0.39 is 23.8 Å². The number of amides is 2. The first-order valence-corrected chi connectivity index (χ1v) is 10.4. The van der Waals surface area contributed by atoms with Crippen LogP contribution in [0.15, 0.2) is 65.9 Å². The summed E-state index contributed by atoms with van der Waals surface area (Å²) in [5.41, 5.74) is 11.1. The molecule has 182 valence electrons. The molecule has 1 unspecified atom stereocenters. The highest BCUT2D eigenvalue weighted by molar-refractivity contribution is 5.97. The van der Waals surface area contributed by atoms with Crippen LogP contribution in [0.4, 0.5) is 0 Å². The van der Waals surface area contributed by atoms with Crippen LogP contribution >= 0.6 is 0 Å². The lowest BCUT2D eigenvalue weighted by Crippen LogP contribution is -2.48. The summed E-state index contributed by atoms with van der Waals surface area (Å²) in [7, 11) is 0. The number of aliphatic imine (C=N–C) groups is 1. The maximum absolute atomic E-state index is 12.5. The largest absolute Gasteiger partial charge is 0.508 e. The van der Waals surface area contributed by atoms with E-state index >= 15 is 0 Å². The molecule has 0 aliphatic heterocycles. The molecule has 0 aliphatic carbocycles. The van der Waals surface area contributed by atoms with E-state index in [-0.39, 0.29) is 24.7 Å². The highest BCUT2D eigenvalue weighted by Gasteiger charge is 2.21. The molecule has 0 spiro atoms. The van der Waals surface area contributed by atoms with Crippen molar-refractivity contribution in [1.29, 1.82) is 0 Å². The van der Waals surface area contributed by atoms with Crippen molar-refractivity contribution in [2.75, 3.05) is 13.1 Å². The molecule has 1 aromatic heterocycles. The lowest BCUT2D eigenvalue weighted by molar-refractivity contribution is -0.131. The lowest BCUT2D eigenvalue weighted by Gasteiger charge is -2.18. The zero-order valence-electron chi connectivity index (χ0n) is 18.8. The van der Waals surface area contributed by atoms with E-state index in [0.29, 0.717) is 5.56 Å². The maximum atomic E-state index is 12.5. The number of nitrogens with two attached hydrogens (primary N) is 2. The monoisotopic (exact) mass is 470 g/mol. The number of phenolic OH excluding ortho intramolecular Hbond substituents is 1. The zero-order valence-corrected chi connectivity index (χ0v) is 18.8. The predicted octanol–water partition coefficient (Wildman–Crippen LogP) is 0.555. The van der Waals surface area contributed by atoms with Crippen LogP contribution in [-0.2, 0) is 16.0 Å². The van der Waals surface area contributed by atoms with Gasteiger partial charge in [-0.3, -0.25) is 19.6 Å². The molecular weight excluding hydrogens is 440 g/mol. The summed E-state index contributed by atoms with van der Waals surface area (Å²) in [6.45, 7) is 2.77. The van der Waals surface area contributed by atoms with E-state index in [9.17, 15) is 19.5 Å². The van der Waals surface area contributed by atoms with E-state index in [1.807, 2.05) is 6.92 Å². The molecular formula is C23H30N6O5. The minimum atomic E-state index is -1.11. The number of hydrogen-bond acceptors (Lipinski definition) is 6. The first-order valence-electron chi connectivity index (χ1n) is 10.4. The molecule has 2 amide bonds. The molecule has 1 aromatic carbocycles. The number of aromatic hydroxyl groups is 1. The Morgan fingerprint density at radius 1 is 1.12 bits per heavy atom. The maximum Gasteiger partial charge on any atom is 0.328 e. The van der Waals surface area contributed by atoms with E-state index in [4.69, 9.17) is 16.6 Å². The number of carboxylic acid groups (broad SMARTS) is 1. The molecule has 0 saturated heterocycles. The fraction of sp³-hybridized carbons (Fsp3) is 0.261. The molecule has 0 saturated carbocycles. The highest BCUT2D eigenvalue weighted by atomic mass is 16.4. The number of nitrogens with zero attached hydrogens (tertiary/aromatic N) is 2. The summed E-state index contributed by atoms with van der Waals surface area (Å²) in [6.07, 6.45) is 6.36. The summed E-state index contributed by atoms with van der Waals surface area (Å²) in [5, 5.41) is 23.2. The summed E-state index contributed by atoms with van der Waals surface area (Å²) < 4.78 is 0. The van der Waals surface area contributed by atoms with Crippen LogP contribution in [0.1, 0.15) is 29.3 Å². The fourth-order valence-corrected chi connectivity index (χ4v) is 2.51. The minimum absolute atomic E-state index is 0.0162. The topological polar surface area (TPSA) is 193 Å². The quantitative estimate of drug-likeness (QED) is 0.165. The lowest BCUT2D eigenvalue weighted by atomic mass is 10.0. The van der Waals surface area contributed by atoms with Gasteiger partial charge in [-0.15, -0.1) is 0 Å². The van der Waals surface area contributed by atoms with Gasteiger partial charge in [0.1, 0.15) is 11.8 Å². The third-order valence-electron chi connectivity index (χ3n) is 4.11. The van der Waals surface area contributed by atoms with Crippen LogP contribution in [-0.4, -0.2) is 58.1 Å². The number of benzene rings is 1. The average molecular weight is 471 g/mol. The Labute approximate surface area is 197 Å². The number of carbonyl (C=O) groups excluding carboxylic acids is 2. The van der Waals surface area contributed by atoms with Crippen molar-refractivity contribution in [2.45, 2.75) is 25.8 Å². The Hall–Kier alpha value is -4.41. The van der Waals surface area contributed by atoms with Crippen LogP contribution < -0.4 is 22.1 Å². The van der Waals surface area contributed by atoms with E-state index in [0.717, 1.165) is 24.6 Å². The zero-order chi connectivity index (χ0) is 25.3. The number of aliphatic carboxylic acids is 1. The van der Waals surface area contributed by atoms with Gasteiger partial charge in [0.05, 0.1) is 0 Å². The van der Waals surface area contributed by atoms with Crippen LogP contribution in [0.25, 0.3) is 0 Å². The van der Waals surface area contributed by atoms with Gasteiger partial charge in [-0.25, -0.2) is 4.79 Å². The Balaban J connectivity index is 0.000000718. The summed E-state index contributed by atoms with van der Waals surface area (Å²) in [6, 6.07) is 8.46. The SMILES string of the molecule is CCCN=C(N)N.O=C(O)/C=C/CNC(=O)C(Cc1ccc(O)cc1)NC(=O)c1ccncc1. The van der Waals surface area contributed by atoms with Crippen LogP contribution in [0.2, 0.25) is 0 Å². The van der Waals surface area contributed by atoms with Gasteiger partial charge in [0.15, 0.2) is 5.96 Å². The molecule has 34 heavy (non-hydrogen) atoms. The number of carboxylic acids is 1. The second-order valence-corrected chi connectivity index (χ2v) is 6.92. The molecule has 0 bridgehead atoms. The number of carbonyl (C=O) groups is 3. The molecule has 8 N–H and O–H groups in total. The van der Waals surface area contributed by atoms with Gasteiger partial charge in [-0.2, -0.15) is 0 Å². The van der Waals surface area contributed by atoms with Crippen LogP contribution in [0.5, 0.6) is 5.75 Å². The smallest absolute Gasteiger partial charge is 0.328 e.